The maximum atomic E-state index is 11.8. The second kappa shape index (κ2) is 12.0. The van der Waals surface area contributed by atoms with Crippen LogP contribution < -0.4 is 16.0 Å². The molecule has 0 unspecified atom stereocenters. The fraction of sp³-hybridized carbons (Fsp3) is 0.591. The Hall–Kier alpha value is -2.77. The minimum Gasteiger partial charge on any atom is -0.450 e. The molecule has 2 amide bonds. The van der Waals surface area contributed by atoms with Gasteiger partial charge in [0.05, 0.1) is 13.2 Å². The van der Waals surface area contributed by atoms with E-state index in [0.717, 1.165) is 36.6 Å². The number of ether oxygens (including phenoxy) is 1. The van der Waals surface area contributed by atoms with Gasteiger partial charge in [0.15, 0.2) is 5.96 Å². The highest BCUT2D eigenvalue weighted by atomic mass is 16.6. The fourth-order valence-electron chi connectivity index (χ4n) is 3.08. The van der Waals surface area contributed by atoms with Crippen LogP contribution in [0.3, 0.4) is 0 Å². The van der Waals surface area contributed by atoms with Crippen LogP contribution in [0.2, 0.25) is 0 Å². The molecule has 0 aliphatic carbocycles. The number of anilines is 1. The molecule has 0 spiro atoms. The predicted molar refractivity (Wildman–Crippen MR) is 119 cm³/mol. The number of nitrogens with one attached hydrogen (secondary N) is 3. The first-order valence-corrected chi connectivity index (χ1v) is 10.8. The highest BCUT2D eigenvalue weighted by Crippen LogP contribution is 2.13. The number of hydrogen-bond donors (Lipinski definition) is 3. The van der Waals surface area contributed by atoms with Gasteiger partial charge in [-0.05, 0) is 44.4 Å². The van der Waals surface area contributed by atoms with E-state index in [1.165, 1.54) is 0 Å². The molecule has 0 bridgehead atoms. The number of carbonyl (C=O) groups is 2. The van der Waals surface area contributed by atoms with Gasteiger partial charge in [0.1, 0.15) is 0 Å². The van der Waals surface area contributed by atoms with Crippen molar-refractivity contribution in [1.82, 2.24) is 15.5 Å². The Bertz CT molecular complexity index is 710. The van der Waals surface area contributed by atoms with Gasteiger partial charge < -0.3 is 25.6 Å². The van der Waals surface area contributed by atoms with Crippen molar-refractivity contribution < 1.29 is 14.3 Å². The summed E-state index contributed by atoms with van der Waals surface area (Å²) in [7, 11) is 0. The normalized spacial score (nSPS) is 15.1. The number of likely N-dealkylation sites (tertiary alicyclic amines) is 1. The molecule has 1 fully saturated rings. The Morgan fingerprint density at radius 3 is 2.40 bits per heavy atom. The highest BCUT2D eigenvalue weighted by molar-refractivity contribution is 5.92. The maximum Gasteiger partial charge on any atom is 0.409 e. The molecule has 2 rings (SSSR count). The highest BCUT2D eigenvalue weighted by Gasteiger charge is 2.24. The Morgan fingerprint density at radius 1 is 1.17 bits per heavy atom. The number of aliphatic imine (C=N–C) groups is 1. The summed E-state index contributed by atoms with van der Waals surface area (Å²) in [6.45, 7) is 10.7. The van der Waals surface area contributed by atoms with Crippen LogP contribution in [0.4, 0.5) is 10.5 Å². The maximum absolute atomic E-state index is 11.8. The first-order chi connectivity index (χ1) is 14.4. The lowest BCUT2D eigenvalue weighted by Crippen LogP contribution is -2.49. The van der Waals surface area contributed by atoms with E-state index >= 15 is 0 Å². The zero-order valence-corrected chi connectivity index (χ0v) is 18.5. The lowest BCUT2D eigenvalue weighted by Gasteiger charge is -2.32. The number of amides is 2. The minimum atomic E-state index is -0.232. The van der Waals surface area contributed by atoms with Crippen molar-refractivity contribution in [3.05, 3.63) is 29.8 Å². The molecule has 0 atom stereocenters. The third-order valence-electron chi connectivity index (χ3n) is 4.87. The van der Waals surface area contributed by atoms with E-state index in [-0.39, 0.29) is 24.0 Å². The third-order valence-corrected chi connectivity index (χ3v) is 4.87. The van der Waals surface area contributed by atoms with Gasteiger partial charge in [0.2, 0.25) is 5.91 Å². The molecule has 166 valence electrons. The van der Waals surface area contributed by atoms with E-state index < -0.39 is 0 Å². The van der Waals surface area contributed by atoms with Crippen LogP contribution in [0.25, 0.3) is 0 Å². The van der Waals surface area contributed by atoms with Crippen molar-refractivity contribution in [1.29, 1.82) is 0 Å². The van der Waals surface area contributed by atoms with Crippen molar-refractivity contribution in [2.24, 2.45) is 10.9 Å². The molecule has 1 aliphatic rings. The first-order valence-electron chi connectivity index (χ1n) is 10.8. The van der Waals surface area contributed by atoms with E-state index in [9.17, 15) is 9.59 Å². The number of piperidine rings is 1. The summed E-state index contributed by atoms with van der Waals surface area (Å²) in [6.07, 6.45) is 1.48. The zero-order chi connectivity index (χ0) is 21.9. The van der Waals surface area contributed by atoms with Gasteiger partial charge in [-0.1, -0.05) is 26.0 Å². The molecule has 0 radical (unpaired) electrons. The Balaban J connectivity index is 1.87. The largest absolute Gasteiger partial charge is 0.450 e. The zero-order valence-electron chi connectivity index (χ0n) is 18.5. The molecule has 30 heavy (non-hydrogen) atoms. The molecule has 1 heterocycles. The van der Waals surface area contributed by atoms with Crippen LogP contribution in [0.5, 0.6) is 0 Å². The van der Waals surface area contributed by atoms with E-state index in [0.29, 0.717) is 26.2 Å². The molecule has 0 saturated carbocycles. The predicted octanol–water partition coefficient (Wildman–Crippen LogP) is 2.96. The Morgan fingerprint density at radius 2 is 1.83 bits per heavy atom. The van der Waals surface area contributed by atoms with Crippen LogP contribution >= 0.6 is 0 Å². The van der Waals surface area contributed by atoms with Crippen LogP contribution in [-0.4, -0.2) is 55.1 Å². The summed E-state index contributed by atoms with van der Waals surface area (Å²) in [5.74, 6) is 0.727. The van der Waals surface area contributed by atoms with Gasteiger partial charge in [-0.25, -0.2) is 9.79 Å². The summed E-state index contributed by atoms with van der Waals surface area (Å²) in [5, 5.41) is 9.64. The molecular weight excluding hydrogens is 382 g/mol. The number of carbonyl (C=O) groups excluding carboxylic acids is 2. The Kier molecular flexibility index (Phi) is 9.44. The summed E-state index contributed by atoms with van der Waals surface area (Å²) in [4.78, 5) is 30.1. The molecule has 8 heteroatoms. The standard InChI is InChI=1S/C22H35N5O3/c1-5-23-21(26-19-11-13-27(14-12-19)22(29)30-6-2)24-15-17-7-9-18(10-8-17)25-20(28)16(3)4/h7-10,16,19H,5-6,11-15H2,1-4H3,(H,25,28)(H2,23,24,26). The summed E-state index contributed by atoms with van der Waals surface area (Å²) < 4.78 is 5.07. The fourth-order valence-corrected chi connectivity index (χ4v) is 3.08. The molecule has 1 aromatic rings. The van der Waals surface area contributed by atoms with E-state index in [2.05, 4.69) is 20.9 Å². The van der Waals surface area contributed by atoms with Crippen LogP contribution in [-0.2, 0) is 16.1 Å². The van der Waals surface area contributed by atoms with Crippen LogP contribution in [0.15, 0.2) is 29.3 Å². The van der Waals surface area contributed by atoms with Gasteiger partial charge in [-0.2, -0.15) is 0 Å². The van der Waals surface area contributed by atoms with Crippen molar-refractivity contribution in [3.8, 4) is 0 Å². The molecule has 3 N–H and O–H groups in total. The van der Waals surface area contributed by atoms with E-state index in [1.807, 2.05) is 52.0 Å². The van der Waals surface area contributed by atoms with Crippen molar-refractivity contribution in [2.45, 2.75) is 53.1 Å². The number of rotatable bonds is 7. The van der Waals surface area contributed by atoms with Crippen molar-refractivity contribution in [2.75, 3.05) is 31.6 Å². The number of hydrogen-bond acceptors (Lipinski definition) is 4. The van der Waals surface area contributed by atoms with Gasteiger partial charge >= 0.3 is 6.09 Å². The average molecular weight is 418 g/mol. The molecular formula is C22H35N5O3. The molecule has 8 nitrogen and oxygen atoms in total. The quantitative estimate of drug-likeness (QED) is 0.468. The number of benzene rings is 1. The van der Waals surface area contributed by atoms with Crippen LogP contribution in [0.1, 0.15) is 46.1 Å². The molecule has 1 aromatic carbocycles. The second-order valence-electron chi connectivity index (χ2n) is 7.64. The third kappa shape index (κ3) is 7.57. The summed E-state index contributed by atoms with van der Waals surface area (Å²) in [5.41, 5.74) is 1.85. The minimum absolute atomic E-state index is 0.00778. The van der Waals surface area contributed by atoms with Gasteiger partial charge in [0, 0.05) is 37.3 Å². The van der Waals surface area contributed by atoms with Crippen molar-refractivity contribution >= 4 is 23.6 Å². The van der Waals surface area contributed by atoms with Gasteiger partial charge in [-0.3, -0.25) is 4.79 Å². The molecule has 1 aliphatic heterocycles. The lowest BCUT2D eigenvalue weighted by atomic mass is 10.1. The van der Waals surface area contributed by atoms with Crippen molar-refractivity contribution in [3.63, 3.8) is 0 Å². The topological polar surface area (TPSA) is 95.1 Å². The van der Waals surface area contributed by atoms with Gasteiger partial charge in [-0.15, -0.1) is 0 Å². The van der Waals surface area contributed by atoms with E-state index in [1.54, 1.807) is 4.90 Å². The molecule has 0 aromatic heterocycles. The van der Waals surface area contributed by atoms with Gasteiger partial charge in [0.25, 0.3) is 0 Å². The van der Waals surface area contributed by atoms with E-state index in [4.69, 9.17) is 4.74 Å². The summed E-state index contributed by atoms with van der Waals surface area (Å²) >= 11 is 0. The number of guanidine groups is 1. The number of nitrogens with zero attached hydrogens (tertiary/aromatic N) is 2. The summed E-state index contributed by atoms with van der Waals surface area (Å²) in [6, 6.07) is 8.01. The monoisotopic (exact) mass is 417 g/mol. The first kappa shape index (κ1) is 23.5. The Labute approximate surface area is 179 Å². The smallest absolute Gasteiger partial charge is 0.409 e. The SMILES string of the molecule is CCNC(=NCc1ccc(NC(=O)C(C)C)cc1)NC1CCN(C(=O)OCC)CC1. The lowest BCUT2D eigenvalue weighted by molar-refractivity contribution is -0.118. The average Bonchev–Trinajstić information content (AvgIpc) is 2.73. The second-order valence-corrected chi connectivity index (χ2v) is 7.64. The molecule has 1 saturated heterocycles. The van der Waals surface area contributed by atoms with Crippen LogP contribution in [0, 0.1) is 5.92 Å².